The highest BCUT2D eigenvalue weighted by Crippen LogP contribution is 2.24. The minimum Gasteiger partial charge on any atom is -0.459 e. The minimum absolute atomic E-state index is 0.00787. The number of nitrogens with zero attached hydrogens (tertiary/aromatic N) is 7. The lowest BCUT2D eigenvalue weighted by atomic mass is 9.92. The third-order valence-electron chi connectivity index (χ3n) is 15.5. The first-order valence-electron chi connectivity index (χ1n) is 30.2. The summed E-state index contributed by atoms with van der Waals surface area (Å²) in [6.07, 6.45) is 4.42. The lowest BCUT2D eigenvalue weighted by Crippen LogP contribution is -2.61. The molecule has 0 aromatic rings. The molecule has 1 fully saturated rings. The second-order valence-electron chi connectivity index (χ2n) is 25.4. The molecule has 0 radical (unpaired) electrons. The monoisotopic (exact) mass is 1210 g/mol. The van der Waals surface area contributed by atoms with Gasteiger partial charge in [-0.1, -0.05) is 108 Å². The van der Waals surface area contributed by atoms with Crippen LogP contribution in [0.4, 0.5) is 0 Å². The molecule has 24 nitrogen and oxygen atoms in total. The predicted molar refractivity (Wildman–Crippen MR) is 329 cm³/mol. The summed E-state index contributed by atoms with van der Waals surface area (Å²) in [6, 6.07) is -11.2. The van der Waals surface area contributed by atoms with Gasteiger partial charge in [0, 0.05) is 56.3 Å². The smallest absolute Gasteiger partial charge is 0.303 e. The van der Waals surface area contributed by atoms with E-state index in [1.165, 1.54) is 88.9 Å². The molecule has 2 unspecified atom stereocenters. The van der Waals surface area contributed by atoms with Crippen molar-refractivity contribution in [3.05, 3.63) is 24.8 Å². The summed E-state index contributed by atoms with van der Waals surface area (Å²) < 4.78 is 5.84. The van der Waals surface area contributed by atoms with Crippen LogP contribution in [0.2, 0.25) is 0 Å². The van der Waals surface area contributed by atoms with E-state index in [4.69, 9.17) is 4.74 Å². The van der Waals surface area contributed by atoms with Crippen LogP contribution in [0.3, 0.4) is 0 Å². The molecule has 11 atom stereocenters. The summed E-state index contributed by atoms with van der Waals surface area (Å²) in [6.45, 7) is 28.1. The third kappa shape index (κ3) is 22.8. The van der Waals surface area contributed by atoms with Crippen molar-refractivity contribution in [1.82, 2.24) is 55.6 Å². The van der Waals surface area contributed by atoms with E-state index < -0.39 is 156 Å². The average Bonchev–Trinajstić information content (AvgIpc) is 1.98. The maximum absolute atomic E-state index is 14.9. The van der Waals surface area contributed by atoms with Gasteiger partial charge in [0.1, 0.15) is 60.5 Å². The van der Waals surface area contributed by atoms with Gasteiger partial charge in [0.15, 0.2) is 0 Å². The summed E-state index contributed by atoms with van der Waals surface area (Å²) >= 11 is 0. The van der Waals surface area contributed by atoms with Gasteiger partial charge in [-0.2, -0.15) is 0 Å². The maximum Gasteiger partial charge on any atom is 0.303 e. The molecular formula is C62H107N11O13. The zero-order valence-corrected chi connectivity index (χ0v) is 55.8. The van der Waals surface area contributed by atoms with E-state index in [0.717, 1.165) is 21.6 Å². The van der Waals surface area contributed by atoms with Gasteiger partial charge in [0.05, 0.1) is 13.1 Å². The van der Waals surface area contributed by atoms with Crippen molar-refractivity contribution in [3.63, 3.8) is 0 Å². The van der Waals surface area contributed by atoms with E-state index >= 15 is 0 Å². The Hall–Kier alpha value is -6.88. The first-order valence-corrected chi connectivity index (χ1v) is 30.2. The molecule has 0 aromatic carbocycles. The van der Waals surface area contributed by atoms with Crippen LogP contribution in [0, 0.1) is 35.5 Å². The Morgan fingerprint density at radius 1 is 0.523 bits per heavy atom. The summed E-state index contributed by atoms with van der Waals surface area (Å²) in [4.78, 5) is 180. The van der Waals surface area contributed by atoms with E-state index in [1.54, 1.807) is 39.8 Å². The Bertz CT molecular complexity index is 2410. The number of hydrogen-bond acceptors (Lipinski definition) is 13. The minimum atomic E-state index is -1.61. The molecule has 86 heavy (non-hydrogen) atoms. The molecule has 1 aliphatic rings. The Kier molecular flexibility index (Phi) is 32.0. The summed E-state index contributed by atoms with van der Waals surface area (Å²) in [5.41, 5.74) is 0. The molecule has 0 bridgehead atoms. The van der Waals surface area contributed by atoms with Crippen molar-refractivity contribution >= 4 is 70.9 Å². The quantitative estimate of drug-likeness (QED) is 0.128. The van der Waals surface area contributed by atoms with Crippen LogP contribution in [0.25, 0.3) is 0 Å². The van der Waals surface area contributed by atoms with Crippen molar-refractivity contribution < 1.29 is 62.3 Å². The van der Waals surface area contributed by atoms with Crippen LogP contribution in [0.1, 0.15) is 142 Å². The Labute approximate surface area is 512 Å². The Morgan fingerprint density at radius 3 is 1.41 bits per heavy atom. The van der Waals surface area contributed by atoms with Gasteiger partial charge >= 0.3 is 5.97 Å². The molecule has 1 rings (SSSR count). The highest BCUT2D eigenvalue weighted by atomic mass is 16.5. The molecule has 1 saturated heterocycles. The lowest BCUT2D eigenvalue weighted by Gasteiger charge is -2.39. The first kappa shape index (κ1) is 77.1. The van der Waals surface area contributed by atoms with E-state index in [0.29, 0.717) is 0 Å². The summed E-state index contributed by atoms with van der Waals surface area (Å²) in [5.74, 6) is -10.2. The van der Waals surface area contributed by atoms with Crippen LogP contribution < -0.4 is 21.3 Å². The summed E-state index contributed by atoms with van der Waals surface area (Å²) in [7, 11) is 9.72. The molecule has 0 spiro atoms. The van der Waals surface area contributed by atoms with Crippen molar-refractivity contribution in [2.24, 2.45) is 35.5 Å². The van der Waals surface area contributed by atoms with E-state index in [1.807, 2.05) is 55.4 Å². The number of nitrogens with one attached hydrogen (secondary N) is 4. The zero-order chi connectivity index (χ0) is 66.5. The van der Waals surface area contributed by atoms with Gasteiger partial charge < -0.3 is 60.3 Å². The van der Waals surface area contributed by atoms with E-state index in [9.17, 15) is 57.5 Å². The zero-order valence-electron chi connectivity index (χ0n) is 55.8. The number of carbonyl (C=O) groups is 12. The van der Waals surface area contributed by atoms with Crippen molar-refractivity contribution in [1.29, 1.82) is 0 Å². The van der Waals surface area contributed by atoms with E-state index in [-0.39, 0.29) is 62.2 Å². The fourth-order valence-electron chi connectivity index (χ4n) is 10.3. The summed E-state index contributed by atoms with van der Waals surface area (Å²) in [5, 5.41) is 10.9. The number of likely N-dealkylation sites (N-methyl/N-ethyl adjacent to an activating group) is 7. The average molecular weight is 1210 g/mol. The number of rotatable bonds is 16. The fourth-order valence-corrected chi connectivity index (χ4v) is 10.3. The maximum atomic E-state index is 14.9. The van der Waals surface area contributed by atoms with Gasteiger partial charge in [0.2, 0.25) is 65.0 Å². The van der Waals surface area contributed by atoms with Crippen LogP contribution in [0.5, 0.6) is 0 Å². The number of hydrogen-bond donors (Lipinski definition) is 4. The van der Waals surface area contributed by atoms with Crippen LogP contribution >= 0.6 is 0 Å². The molecule has 0 aliphatic carbocycles. The third-order valence-corrected chi connectivity index (χ3v) is 15.5. The van der Waals surface area contributed by atoms with Crippen LogP contribution in [-0.2, 0) is 62.3 Å². The number of carbonyl (C=O) groups excluding carboxylic acids is 12. The highest BCUT2D eigenvalue weighted by Gasteiger charge is 2.44. The standard InChI is InChI=1S/C62H107N11O13/c1-24-26-27-28-40(13)53(86-43(16)74)52-57(80)65-44(25-2)59(82)67(17)33-49(75)69(19)45(29-35(3)4)56(79)66-51(39(11)12)62(85)70(20)46(30-36(5)6)55(78)63-41(14)54(77)64-42(15)58(81)71(21)48(32-38(9)10)61(84)72(22)47(31-37(7)8)60(83)68(18)34-50(76)73(52)23/h24,26-27,35-42,44-48,51-53H,1,25,28-34H2,2-23H3,(H,63,78)(H,64,77)(H,65,80)(H,66,79)/b27-26+/t40-,41+,42-,44+,45+,46+,47+,48+,51?,52?,53-/m1/s1. The van der Waals surface area contributed by atoms with Gasteiger partial charge in [-0.15, -0.1) is 0 Å². The molecule has 0 aromatic heterocycles. The molecule has 488 valence electrons. The second kappa shape index (κ2) is 35.7. The molecular weight excluding hydrogens is 1110 g/mol. The lowest BCUT2D eigenvalue weighted by molar-refractivity contribution is -0.161. The van der Waals surface area contributed by atoms with Gasteiger partial charge in [0.25, 0.3) is 0 Å². The first-order chi connectivity index (χ1) is 39.8. The molecule has 24 heteroatoms. The Morgan fingerprint density at radius 2 is 0.942 bits per heavy atom. The number of amides is 11. The van der Waals surface area contributed by atoms with E-state index in [2.05, 4.69) is 27.8 Å². The van der Waals surface area contributed by atoms with Crippen molar-refractivity contribution in [2.75, 3.05) is 62.4 Å². The van der Waals surface area contributed by atoms with Gasteiger partial charge in [-0.05, 0) is 87.9 Å². The predicted octanol–water partition coefficient (Wildman–Crippen LogP) is 2.98. The van der Waals surface area contributed by atoms with Crippen molar-refractivity contribution in [3.8, 4) is 0 Å². The molecule has 11 amide bonds. The molecule has 1 aliphatic heterocycles. The highest BCUT2D eigenvalue weighted by molar-refractivity contribution is 5.99. The second-order valence-corrected chi connectivity index (χ2v) is 25.4. The normalized spacial score (nSPS) is 25.6. The topological polar surface area (TPSA) is 285 Å². The van der Waals surface area contributed by atoms with Gasteiger partial charge in [-0.3, -0.25) is 57.5 Å². The van der Waals surface area contributed by atoms with Crippen molar-refractivity contribution in [2.45, 2.75) is 203 Å². The largest absolute Gasteiger partial charge is 0.459 e. The molecule has 0 saturated carbocycles. The molecule has 4 N–H and O–H groups in total. The van der Waals surface area contributed by atoms with Crippen LogP contribution in [0.15, 0.2) is 24.8 Å². The van der Waals surface area contributed by atoms with Gasteiger partial charge in [-0.25, -0.2) is 0 Å². The fraction of sp³-hybridized carbons (Fsp3) is 0.742. The Balaban J connectivity index is 4.30. The number of ether oxygens (including phenoxy) is 1. The van der Waals surface area contributed by atoms with Crippen LogP contribution in [-0.4, -0.2) is 228 Å². The number of allylic oxidation sites excluding steroid dienone is 3. The number of esters is 1. The SMILES string of the molecule is C=C/C=C/C[C@@H](C)[C@@H](OC(C)=O)C1C(=O)N[C@@H](CC)C(=O)N(C)CC(=O)N(C)[C@@H](CC(C)C)C(=O)NC(C(C)C)C(=O)N(C)[C@@H](CC(C)C)C(=O)N[C@@H](C)C(=O)N[C@H](C)C(=O)N(C)[C@@H](CC(C)C)C(=O)N(C)[C@@H](CC(C)C)C(=O)N(C)CC(=O)N1C. The molecule has 1 heterocycles.